The van der Waals surface area contributed by atoms with Crippen molar-refractivity contribution in [3.05, 3.63) is 12.1 Å². The van der Waals surface area contributed by atoms with Crippen LogP contribution in [0.3, 0.4) is 0 Å². The molecule has 8 heteroatoms. The van der Waals surface area contributed by atoms with Crippen LogP contribution in [-0.4, -0.2) is 58.0 Å². The number of morpholine rings is 1. The first-order valence-corrected chi connectivity index (χ1v) is 12.3. The molecule has 0 atom stereocenters. The van der Waals surface area contributed by atoms with E-state index >= 15 is 0 Å². The fourth-order valence-electron chi connectivity index (χ4n) is 4.45. The van der Waals surface area contributed by atoms with Crippen LogP contribution in [0.2, 0.25) is 0 Å². The van der Waals surface area contributed by atoms with Gasteiger partial charge in [-0.25, -0.2) is 0 Å². The highest BCUT2D eigenvalue weighted by atomic mass is 16.5. The van der Waals surface area contributed by atoms with E-state index in [1.165, 1.54) is 32.1 Å². The van der Waals surface area contributed by atoms with Gasteiger partial charge in [-0.15, -0.1) is 0 Å². The number of benzene rings is 1. The number of amides is 1. The Bertz CT molecular complexity index is 772. The van der Waals surface area contributed by atoms with Gasteiger partial charge >= 0.3 is 5.97 Å². The molecule has 0 radical (unpaired) electrons. The van der Waals surface area contributed by atoms with Crippen LogP contribution >= 0.6 is 0 Å². The molecule has 1 saturated heterocycles. The summed E-state index contributed by atoms with van der Waals surface area (Å²) in [6.07, 6.45) is 7.38. The van der Waals surface area contributed by atoms with Gasteiger partial charge < -0.3 is 29.2 Å². The van der Waals surface area contributed by atoms with E-state index in [1.807, 2.05) is 19.9 Å². The van der Waals surface area contributed by atoms with Gasteiger partial charge in [-0.05, 0) is 26.2 Å². The fraction of sp³-hybridized carbons (Fsp3) is 0.680. The molecule has 0 aromatic heterocycles. The summed E-state index contributed by atoms with van der Waals surface area (Å²) in [5.74, 6) is 1.11. The Morgan fingerprint density at radius 3 is 2.42 bits per heavy atom. The van der Waals surface area contributed by atoms with Gasteiger partial charge in [0.1, 0.15) is 11.5 Å². The van der Waals surface area contributed by atoms with Crippen LogP contribution in [0.4, 0.5) is 11.4 Å². The number of hydrogen-bond donors (Lipinski definition) is 1. The number of carbonyl (C=O) groups is 2. The lowest BCUT2D eigenvalue weighted by molar-refractivity contribution is -0.147. The number of hydrogen-bond acceptors (Lipinski definition) is 7. The van der Waals surface area contributed by atoms with Crippen LogP contribution in [0, 0.1) is 5.92 Å². The number of rotatable bonds is 11. The second-order valence-electron chi connectivity index (χ2n) is 8.53. The zero-order valence-corrected chi connectivity index (χ0v) is 20.0. The van der Waals surface area contributed by atoms with Crippen molar-refractivity contribution in [2.45, 2.75) is 58.8 Å². The molecule has 33 heavy (non-hydrogen) atoms. The second-order valence-corrected chi connectivity index (χ2v) is 8.53. The van der Waals surface area contributed by atoms with Crippen LogP contribution in [0.1, 0.15) is 58.8 Å². The highest BCUT2D eigenvalue weighted by Gasteiger charge is 2.21. The van der Waals surface area contributed by atoms with Crippen LogP contribution < -0.4 is 19.7 Å². The largest absolute Gasteiger partial charge is 0.492 e. The highest BCUT2D eigenvalue weighted by Crippen LogP contribution is 2.39. The zero-order chi connectivity index (χ0) is 23.5. The van der Waals surface area contributed by atoms with Crippen molar-refractivity contribution in [2.75, 3.05) is 56.3 Å². The van der Waals surface area contributed by atoms with Crippen molar-refractivity contribution < 1.29 is 28.5 Å². The Labute approximate surface area is 196 Å². The minimum Gasteiger partial charge on any atom is -0.492 e. The van der Waals surface area contributed by atoms with Crippen LogP contribution in [0.5, 0.6) is 11.5 Å². The average Bonchev–Trinajstić information content (AvgIpc) is 2.84. The van der Waals surface area contributed by atoms with E-state index in [4.69, 9.17) is 18.9 Å². The molecular weight excluding hydrogens is 424 g/mol. The quantitative estimate of drug-likeness (QED) is 0.494. The van der Waals surface area contributed by atoms with Gasteiger partial charge in [0.05, 0.1) is 37.8 Å². The van der Waals surface area contributed by atoms with Gasteiger partial charge in [0, 0.05) is 31.6 Å². The van der Waals surface area contributed by atoms with Crippen molar-refractivity contribution in [3.63, 3.8) is 0 Å². The maximum Gasteiger partial charge on any atom is 0.306 e. The molecule has 2 aliphatic rings. The lowest BCUT2D eigenvalue weighted by Crippen LogP contribution is -2.36. The smallest absolute Gasteiger partial charge is 0.306 e. The van der Waals surface area contributed by atoms with Crippen molar-refractivity contribution in [1.29, 1.82) is 0 Å². The summed E-state index contributed by atoms with van der Waals surface area (Å²) in [7, 11) is 0. The van der Waals surface area contributed by atoms with Crippen molar-refractivity contribution in [3.8, 4) is 11.5 Å². The Kier molecular flexibility index (Phi) is 10.1. The molecule has 184 valence electrons. The van der Waals surface area contributed by atoms with Gasteiger partial charge in [-0.3, -0.25) is 9.59 Å². The van der Waals surface area contributed by atoms with Gasteiger partial charge in [-0.1, -0.05) is 32.1 Å². The predicted molar refractivity (Wildman–Crippen MR) is 127 cm³/mol. The number of nitrogens with zero attached hydrogens (tertiary/aromatic N) is 1. The molecular formula is C25H38N2O6. The van der Waals surface area contributed by atoms with E-state index in [-0.39, 0.29) is 12.6 Å². The third kappa shape index (κ3) is 7.81. The van der Waals surface area contributed by atoms with Gasteiger partial charge in [0.25, 0.3) is 5.91 Å². The molecule has 1 aliphatic heterocycles. The molecule has 1 N–H and O–H groups in total. The molecule has 3 rings (SSSR count). The normalized spacial score (nSPS) is 16.8. The molecule has 0 bridgehead atoms. The van der Waals surface area contributed by atoms with E-state index in [0.29, 0.717) is 56.0 Å². The SMILES string of the molecule is CCOc1cc(N2CCOCC2)c(OCC)cc1NC(=O)COC(=O)CCC1CCCCC1. The average molecular weight is 463 g/mol. The Morgan fingerprint density at radius 1 is 1.03 bits per heavy atom. The maximum atomic E-state index is 12.5. The Hall–Kier alpha value is -2.48. The standard InChI is InChI=1S/C25H38N2O6/c1-3-31-22-17-21(27-12-14-30-15-13-27)23(32-4-2)16-20(22)26-24(28)18-33-25(29)11-10-19-8-6-5-7-9-19/h16-17,19H,3-15,18H2,1-2H3,(H,26,28). The molecule has 2 fully saturated rings. The first kappa shape index (κ1) is 25.1. The maximum absolute atomic E-state index is 12.5. The molecule has 1 aliphatic carbocycles. The summed E-state index contributed by atoms with van der Waals surface area (Å²) in [6, 6.07) is 3.67. The van der Waals surface area contributed by atoms with Crippen LogP contribution in [0.15, 0.2) is 12.1 Å². The summed E-state index contributed by atoms with van der Waals surface area (Å²) in [5.41, 5.74) is 1.41. The summed E-state index contributed by atoms with van der Waals surface area (Å²) >= 11 is 0. The summed E-state index contributed by atoms with van der Waals surface area (Å²) < 4.78 is 22.3. The predicted octanol–water partition coefficient (Wildman–Crippen LogP) is 4.16. The first-order chi connectivity index (χ1) is 16.1. The minimum absolute atomic E-state index is 0.315. The number of carbonyl (C=O) groups excluding carboxylic acids is 2. The molecule has 0 spiro atoms. The summed E-state index contributed by atoms with van der Waals surface area (Å²) in [6.45, 7) is 7.27. The number of esters is 1. The van der Waals surface area contributed by atoms with Crippen LogP contribution in [0.25, 0.3) is 0 Å². The molecule has 1 amide bonds. The molecule has 8 nitrogen and oxygen atoms in total. The molecule has 1 aromatic carbocycles. The van der Waals surface area contributed by atoms with Gasteiger partial charge in [0.15, 0.2) is 6.61 Å². The highest BCUT2D eigenvalue weighted by molar-refractivity contribution is 5.95. The minimum atomic E-state index is -0.399. The Balaban J connectivity index is 1.59. The fourth-order valence-corrected chi connectivity index (χ4v) is 4.45. The van der Waals surface area contributed by atoms with E-state index in [1.54, 1.807) is 6.07 Å². The van der Waals surface area contributed by atoms with Crippen molar-refractivity contribution in [2.24, 2.45) is 5.92 Å². The second kappa shape index (κ2) is 13.3. The van der Waals surface area contributed by atoms with Crippen molar-refractivity contribution in [1.82, 2.24) is 0 Å². The topological polar surface area (TPSA) is 86.3 Å². The lowest BCUT2D eigenvalue weighted by atomic mass is 9.86. The zero-order valence-electron chi connectivity index (χ0n) is 20.0. The third-order valence-corrected chi connectivity index (χ3v) is 6.13. The number of anilines is 2. The van der Waals surface area contributed by atoms with E-state index < -0.39 is 5.91 Å². The van der Waals surface area contributed by atoms with Crippen LogP contribution in [-0.2, 0) is 19.1 Å². The number of nitrogens with one attached hydrogen (secondary N) is 1. The lowest BCUT2D eigenvalue weighted by Gasteiger charge is -2.31. The molecule has 1 saturated carbocycles. The van der Waals surface area contributed by atoms with E-state index in [0.717, 1.165) is 25.2 Å². The number of ether oxygens (including phenoxy) is 4. The third-order valence-electron chi connectivity index (χ3n) is 6.13. The summed E-state index contributed by atoms with van der Waals surface area (Å²) in [5, 5.41) is 2.82. The van der Waals surface area contributed by atoms with Gasteiger partial charge in [-0.2, -0.15) is 0 Å². The first-order valence-electron chi connectivity index (χ1n) is 12.3. The van der Waals surface area contributed by atoms with Crippen molar-refractivity contribution >= 4 is 23.3 Å². The van der Waals surface area contributed by atoms with E-state index in [9.17, 15) is 9.59 Å². The Morgan fingerprint density at radius 2 is 1.73 bits per heavy atom. The molecule has 0 unspecified atom stereocenters. The van der Waals surface area contributed by atoms with Gasteiger partial charge in [0.2, 0.25) is 0 Å². The summed E-state index contributed by atoms with van der Waals surface area (Å²) in [4.78, 5) is 26.8. The molecule has 1 heterocycles. The van der Waals surface area contributed by atoms with E-state index in [2.05, 4.69) is 10.2 Å². The monoisotopic (exact) mass is 462 g/mol. The molecule has 1 aromatic rings.